The molecule has 3 aromatic rings. The van der Waals surface area contributed by atoms with E-state index in [0.29, 0.717) is 10.7 Å². The van der Waals surface area contributed by atoms with Gasteiger partial charge in [0.2, 0.25) is 0 Å². The monoisotopic (exact) mass is 385 g/mol. The van der Waals surface area contributed by atoms with Gasteiger partial charge >= 0.3 is 5.97 Å². The Morgan fingerprint density at radius 2 is 2.00 bits per heavy atom. The molecular weight excluding hydrogens is 370 g/mol. The van der Waals surface area contributed by atoms with Gasteiger partial charge in [-0.25, -0.2) is 9.78 Å². The Hall–Kier alpha value is -3.07. The molecule has 0 spiro atoms. The fraction of sp³-hybridized carbons (Fsp3) is 0.278. The summed E-state index contributed by atoms with van der Waals surface area (Å²) in [6.07, 6.45) is 4.03. The van der Waals surface area contributed by atoms with Gasteiger partial charge in [0.1, 0.15) is 6.61 Å². The Balaban J connectivity index is 1.52. The summed E-state index contributed by atoms with van der Waals surface area (Å²) in [6.45, 7) is -0.135. The number of rotatable bonds is 4. The lowest BCUT2D eigenvalue weighted by Crippen LogP contribution is -2.18. The molecule has 0 saturated heterocycles. The molecule has 4 rings (SSSR count). The van der Waals surface area contributed by atoms with Crippen LogP contribution in [-0.4, -0.2) is 20.3 Å². The largest absolute Gasteiger partial charge is 0.456 e. The number of nitrogens with zero attached hydrogens (tertiary/aromatic N) is 3. The molecule has 0 fully saturated rings. The van der Waals surface area contributed by atoms with Crippen molar-refractivity contribution in [3.8, 4) is 0 Å². The zero-order chi connectivity index (χ0) is 19.0. The van der Waals surface area contributed by atoms with Crippen LogP contribution in [0.5, 0.6) is 0 Å². The molecule has 9 heteroatoms. The van der Waals surface area contributed by atoms with Gasteiger partial charge in [-0.3, -0.25) is 19.3 Å². The van der Waals surface area contributed by atoms with E-state index in [-0.39, 0.29) is 23.4 Å². The SMILES string of the molecule is O=C(OCc1cc(=O)n2c3c(sc2n1)CCCC3)c1ccc([N+](=O)[O-])cc1. The van der Waals surface area contributed by atoms with Gasteiger partial charge in [-0.15, -0.1) is 11.3 Å². The Kier molecular flexibility index (Phi) is 4.44. The molecule has 0 amide bonds. The van der Waals surface area contributed by atoms with Crippen LogP contribution < -0.4 is 5.56 Å². The quantitative estimate of drug-likeness (QED) is 0.389. The highest BCUT2D eigenvalue weighted by atomic mass is 32.1. The molecule has 1 aliphatic carbocycles. The lowest BCUT2D eigenvalue weighted by molar-refractivity contribution is -0.384. The van der Waals surface area contributed by atoms with E-state index in [1.54, 1.807) is 4.40 Å². The van der Waals surface area contributed by atoms with E-state index < -0.39 is 10.9 Å². The van der Waals surface area contributed by atoms with Crippen molar-refractivity contribution in [2.75, 3.05) is 0 Å². The number of hydrogen-bond donors (Lipinski definition) is 0. The maximum Gasteiger partial charge on any atom is 0.338 e. The number of ether oxygens (including phenoxy) is 1. The number of non-ortho nitro benzene ring substituents is 1. The number of thiazole rings is 1. The highest BCUT2D eigenvalue weighted by Gasteiger charge is 2.19. The summed E-state index contributed by atoms with van der Waals surface area (Å²) in [6, 6.07) is 6.53. The first-order chi connectivity index (χ1) is 13.0. The third kappa shape index (κ3) is 3.33. The Bertz CT molecular complexity index is 1100. The molecule has 0 N–H and O–H groups in total. The Morgan fingerprint density at radius 3 is 2.74 bits per heavy atom. The molecule has 138 valence electrons. The molecule has 0 radical (unpaired) electrons. The Labute approximate surface area is 157 Å². The van der Waals surface area contributed by atoms with Crippen LogP contribution in [-0.2, 0) is 24.2 Å². The molecule has 0 unspecified atom stereocenters. The second-order valence-electron chi connectivity index (χ2n) is 6.26. The van der Waals surface area contributed by atoms with Crippen molar-refractivity contribution >= 4 is 28.0 Å². The molecular formula is C18H15N3O5S. The second kappa shape index (κ2) is 6.92. The summed E-state index contributed by atoms with van der Waals surface area (Å²) in [7, 11) is 0. The smallest absolute Gasteiger partial charge is 0.338 e. The first kappa shape index (κ1) is 17.3. The van der Waals surface area contributed by atoms with E-state index in [1.807, 2.05) is 0 Å². The lowest BCUT2D eigenvalue weighted by Gasteiger charge is -2.10. The van der Waals surface area contributed by atoms with E-state index in [2.05, 4.69) is 4.98 Å². The fourth-order valence-corrected chi connectivity index (χ4v) is 4.39. The molecule has 1 aromatic carbocycles. The maximum atomic E-state index is 12.5. The maximum absolute atomic E-state index is 12.5. The van der Waals surface area contributed by atoms with Crippen molar-refractivity contribution in [2.45, 2.75) is 32.3 Å². The van der Waals surface area contributed by atoms with Crippen LogP contribution in [0.2, 0.25) is 0 Å². The van der Waals surface area contributed by atoms with Gasteiger partial charge in [0.05, 0.1) is 16.2 Å². The molecule has 1 aliphatic rings. The van der Waals surface area contributed by atoms with Crippen LogP contribution in [0.3, 0.4) is 0 Å². The average molecular weight is 385 g/mol. The number of aryl methyl sites for hydroxylation is 2. The van der Waals surface area contributed by atoms with Crippen LogP contribution in [0, 0.1) is 10.1 Å². The molecule has 2 heterocycles. The highest BCUT2D eigenvalue weighted by Crippen LogP contribution is 2.28. The minimum absolute atomic E-state index is 0.103. The van der Waals surface area contributed by atoms with Crippen LogP contribution in [0.15, 0.2) is 35.1 Å². The number of fused-ring (bicyclic) bond motifs is 3. The van der Waals surface area contributed by atoms with Crippen molar-refractivity contribution < 1.29 is 14.5 Å². The van der Waals surface area contributed by atoms with Crippen LogP contribution in [0.1, 0.15) is 39.5 Å². The summed E-state index contributed by atoms with van der Waals surface area (Å²) in [4.78, 5) is 41.0. The van der Waals surface area contributed by atoms with Crippen molar-refractivity contribution in [1.29, 1.82) is 0 Å². The molecule has 0 bridgehead atoms. The zero-order valence-electron chi connectivity index (χ0n) is 14.2. The van der Waals surface area contributed by atoms with Gasteiger partial charge in [0.15, 0.2) is 4.96 Å². The Morgan fingerprint density at radius 1 is 1.26 bits per heavy atom. The van der Waals surface area contributed by atoms with Crippen molar-refractivity contribution in [2.24, 2.45) is 0 Å². The third-order valence-corrected chi connectivity index (χ3v) is 5.62. The number of nitro benzene ring substituents is 1. The van der Waals surface area contributed by atoms with E-state index in [4.69, 9.17) is 4.74 Å². The van der Waals surface area contributed by atoms with Gasteiger partial charge < -0.3 is 4.74 Å². The lowest BCUT2D eigenvalue weighted by atomic mass is 10.0. The number of carbonyl (C=O) groups is 1. The zero-order valence-corrected chi connectivity index (χ0v) is 15.0. The first-order valence-electron chi connectivity index (χ1n) is 8.48. The predicted octanol–water partition coefficient (Wildman–Crippen LogP) is 2.90. The molecule has 27 heavy (non-hydrogen) atoms. The standard InChI is InChI=1S/C18H15N3O5S/c22-16-9-12(19-18-20(16)14-3-1-2-4-15(14)27-18)10-26-17(23)11-5-7-13(8-6-11)21(24)25/h5-9H,1-4,10H2. The van der Waals surface area contributed by atoms with Crippen LogP contribution >= 0.6 is 11.3 Å². The first-order valence-corrected chi connectivity index (χ1v) is 9.29. The molecule has 0 aliphatic heterocycles. The summed E-state index contributed by atoms with van der Waals surface area (Å²) in [5, 5.41) is 10.7. The summed E-state index contributed by atoms with van der Waals surface area (Å²) in [5.41, 5.74) is 1.36. The minimum Gasteiger partial charge on any atom is -0.456 e. The molecule has 8 nitrogen and oxygen atoms in total. The van der Waals surface area contributed by atoms with Gasteiger partial charge in [0.25, 0.3) is 11.2 Å². The van der Waals surface area contributed by atoms with Gasteiger partial charge in [0, 0.05) is 28.8 Å². The number of aromatic nitrogens is 2. The van der Waals surface area contributed by atoms with Crippen LogP contribution in [0.25, 0.3) is 4.96 Å². The highest BCUT2D eigenvalue weighted by molar-refractivity contribution is 7.17. The fourth-order valence-electron chi connectivity index (χ4n) is 3.16. The predicted molar refractivity (Wildman–Crippen MR) is 98.2 cm³/mol. The van der Waals surface area contributed by atoms with Gasteiger partial charge in [-0.05, 0) is 37.8 Å². The normalized spacial score (nSPS) is 13.3. The number of hydrogen-bond acceptors (Lipinski definition) is 7. The summed E-state index contributed by atoms with van der Waals surface area (Å²) < 4.78 is 6.86. The number of carbonyl (C=O) groups excluding carboxylic acids is 1. The van der Waals surface area contributed by atoms with Crippen molar-refractivity contribution in [1.82, 2.24) is 9.38 Å². The van der Waals surface area contributed by atoms with Gasteiger partial charge in [-0.1, -0.05) is 0 Å². The van der Waals surface area contributed by atoms with Crippen LogP contribution in [0.4, 0.5) is 5.69 Å². The third-order valence-electron chi connectivity index (χ3n) is 4.48. The van der Waals surface area contributed by atoms with E-state index >= 15 is 0 Å². The topological polar surface area (TPSA) is 104 Å². The van der Waals surface area contributed by atoms with Crippen molar-refractivity contribution in [3.05, 3.63) is 72.6 Å². The second-order valence-corrected chi connectivity index (χ2v) is 7.32. The van der Waals surface area contributed by atoms with E-state index in [1.165, 1.54) is 46.5 Å². The van der Waals surface area contributed by atoms with Gasteiger partial charge in [-0.2, -0.15) is 0 Å². The van der Waals surface area contributed by atoms with E-state index in [9.17, 15) is 19.7 Å². The molecule has 2 aromatic heterocycles. The van der Waals surface area contributed by atoms with Crippen molar-refractivity contribution in [3.63, 3.8) is 0 Å². The molecule has 0 saturated carbocycles. The number of nitro groups is 1. The summed E-state index contributed by atoms with van der Waals surface area (Å²) >= 11 is 1.51. The number of esters is 1. The minimum atomic E-state index is -0.627. The molecule has 0 atom stereocenters. The van der Waals surface area contributed by atoms with E-state index in [0.717, 1.165) is 31.4 Å². The number of benzene rings is 1. The average Bonchev–Trinajstić information content (AvgIpc) is 3.05. The summed E-state index contributed by atoms with van der Waals surface area (Å²) in [5.74, 6) is -0.627.